The second-order valence-electron chi connectivity index (χ2n) is 5.11. The lowest BCUT2D eigenvalue weighted by Gasteiger charge is -2.30. The number of aryl methyl sites for hydroxylation is 1. The minimum atomic E-state index is -0.671. The summed E-state index contributed by atoms with van der Waals surface area (Å²) in [6.07, 6.45) is 3.30. The molecule has 0 aliphatic carbocycles. The van der Waals surface area contributed by atoms with Crippen molar-refractivity contribution in [3.05, 3.63) is 6.33 Å². The van der Waals surface area contributed by atoms with Crippen molar-refractivity contribution in [2.75, 3.05) is 13.7 Å². The summed E-state index contributed by atoms with van der Waals surface area (Å²) in [6.45, 7) is 6.83. The van der Waals surface area contributed by atoms with E-state index in [1.165, 1.54) is 7.11 Å². The van der Waals surface area contributed by atoms with E-state index < -0.39 is 5.54 Å². The zero-order chi connectivity index (χ0) is 15.2. The van der Waals surface area contributed by atoms with Gasteiger partial charge in [0.1, 0.15) is 11.9 Å². The van der Waals surface area contributed by atoms with Crippen molar-refractivity contribution in [2.45, 2.75) is 49.6 Å². The Balaban J connectivity index is 2.68. The minimum absolute atomic E-state index is 0.214. The van der Waals surface area contributed by atoms with Gasteiger partial charge in [-0.2, -0.15) is 0 Å². The number of esters is 1. The van der Waals surface area contributed by atoms with Crippen LogP contribution in [0.25, 0.3) is 0 Å². The number of hydrogen-bond acceptors (Lipinski definition) is 6. The Morgan fingerprint density at radius 1 is 1.65 bits per heavy atom. The highest BCUT2D eigenvalue weighted by atomic mass is 32.2. The molecule has 1 heterocycles. The molecule has 114 valence electrons. The standard InChI is InChI=1S/C13H24N4O2S/c1-6-7-14-13(3,11(18)19-5)8-10(2)20-12-16-15-9-17(12)4/h9-10,14H,6-8H2,1-5H3. The fourth-order valence-corrected chi connectivity index (χ4v) is 3.11. The molecule has 0 amide bonds. The molecule has 1 rings (SSSR count). The summed E-state index contributed by atoms with van der Waals surface area (Å²) in [5.74, 6) is -0.226. The number of nitrogens with one attached hydrogen (secondary N) is 1. The maximum atomic E-state index is 12.0. The van der Waals surface area contributed by atoms with E-state index in [-0.39, 0.29) is 11.2 Å². The fraction of sp³-hybridized carbons (Fsp3) is 0.769. The second kappa shape index (κ2) is 7.64. The minimum Gasteiger partial charge on any atom is -0.468 e. The van der Waals surface area contributed by atoms with Crippen LogP contribution < -0.4 is 5.32 Å². The second-order valence-corrected chi connectivity index (χ2v) is 6.51. The van der Waals surface area contributed by atoms with Gasteiger partial charge in [-0.3, -0.25) is 4.79 Å². The zero-order valence-electron chi connectivity index (χ0n) is 12.8. The largest absolute Gasteiger partial charge is 0.468 e. The summed E-state index contributed by atoms with van der Waals surface area (Å²) >= 11 is 1.61. The molecule has 2 atom stereocenters. The van der Waals surface area contributed by atoms with E-state index in [1.54, 1.807) is 18.1 Å². The van der Waals surface area contributed by atoms with E-state index in [2.05, 4.69) is 29.4 Å². The molecule has 0 radical (unpaired) electrons. The molecule has 0 aliphatic heterocycles. The first-order chi connectivity index (χ1) is 9.42. The predicted molar refractivity (Wildman–Crippen MR) is 79.7 cm³/mol. The number of ether oxygens (including phenoxy) is 1. The number of nitrogens with zero attached hydrogens (tertiary/aromatic N) is 3. The first-order valence-corrected chi connectivity index (χ1v) is 7.65. The SMILES string of the molecule is CCCNC(C)(CC(C)Sc1nncn1C)C(=O)OC. The molecule has 2 unspecified atom stereocenters. The summed E-state index contributed by atoms with van der Waals surface area (Å²) in [7, 11) is 3.33. The van der Waals surface area contributed by atoms with Crippen molar-refractivity contribution < 1.29 is 9.53 Å². The molecular weight excluding hydrogens is 276 g/mol. The average molecular weight is 300 g/mol. The van der Waals surface area contributed by atoms with Crippen molar-refractivity contribution in [1.82, 2.24) is 20.1 Å². The molecule has 0 spiro atoms. The summed E-state index contributed by atoms with van der Waals surface area (Å²) in [5.41, 5.74) is -0.671. The Hall–Kier alpha value is -1.08. The van der Waals surface area contributed by atoms with Gasteiger partial charge in [-0.05, 0) is 26.3 Å². The van der Waals surface area contributed by atoms with Crippen LogP contribution in [-0.4, -0.2) is 45.2 Å². The van der Waals surface area contributed by atoms with Crippen LogP contribution in [0.15, 0.2) is 11.5 Å². The summed E-state index contributed by atoms with van der Waals surface area (Å²) < 4.78 is 6.80. The molecule has 0 saturated heterocycles. The Labute approximate surface area is 124 Å². The summed E-state index contributed by atoms with van der Waals surface area (Å²) in [5, 5.41) is 12.3. The van der Waals surface area contributed by atoms with Crippen LogP contribution in [0.1, 0.15) is 33.6 Å². The Kier molecular flexibility index (Phi) is 6.48. The van der Waals surface area contributed by atoms with E-state index in [0.717, 1.165) is 18.1 Å². The third kappa shape index (κ3) is 4.49. The van der Waals surface area contributed by atoms with E-state index in [0.29, 0.717) is 6.42 Å². The zero-order valence-corrected chi connectivity index (χ0v) is 13.7. The van der Waals surface area contributed by atoms with Crippen molar-refractivity contribution >= 4 is 17.7 Å². The average Bonchev–Trinajstić information content (AvgIpc) is 2.80. The predicted octanol–water partition coefficient (Wildman–Crippen LogP) is 1.62. The molecule has 1 aromatic rings. The molecule has 7 heteroatoms. The van der Waals surface area contributed by atoms with Gasteiger partial charge in [0.15, 0.2) is 5.16 Å². The van der Waals surface area contributed by atoms with Gasteiger partial charge in [-0.25, -0.2) is 0 Å². The Morgan fingerprint density at radius 2 is 2.35 bits per heavy atom. The van der Waals surface area contributed by atoms with Crippen molar-refractivity contribution in [3.63, 3.8) is 0 Å². The van der Waals surface area contributed by atoms with E-state index in [1.807, 2.05) is 18.5 Å². The molecule has 0 aliphatic rings. The van der Waals surface area contributed by atoms with E-state index in [9.17, 15) is 4.79 Å². The topological polar surface area (TPSA) is 69.0 Å². The summed E-state index contributed by atoms with van der Waals surface area (Å²) in [6, 6.07) is 0. The number of thioether (sulfide) groups is 1. The van der Waals surface area contributed by atoms with Gasteiger partial charge < -0.3 is 14.6 Å². The van der Waals surface area contributed by atoms with Gasteiger partial charge in [0.2, 0.25) is 0 Å². The van der Waals surface area contributed by atoms with Gasteiger partial charge in [-0.1, -0.05) is 25.6 Å². The van der Waals surface area contributed by atoms with Gasteiger partial charge >= 0.3 is 5.97 Å². The lowest BCUT2D eigenvalue weighted by atomic mass is 9.96. The van der Waals surface area contributed by atoms with Gasteiger partial charge in [0.25, 0.3) is 0 Å². The van der Waals surface area contributed by atoms with Crippen LogP contribution in [0.2, 0.25) is 0 Å². The molecule has 0 fully saturated rings. The highest BCUT2D eigenvalue weighted by molar-refractivity contribution is 7.99. The lowest BCUT2D eigenvalue weighted by Crippen LogP contribution is -2.51. The molecule has 6 nitrogen and oxygen atoms in total. The van der Waals surface area contributed by atoms with Crippen LogP contribution in [-0.2, 0) is 16.6 Å². The monoisotopic (exact) mass is 300 g/mol. The number of methoxy groups -OCH3 is 1. The number of carbonyl (C=O) groups excluding carboxylic acids is 1. The van der Waals surface area contributed by atoms with Crippen molar-refractivity contribution in [1.29, 1.82) is 0 Å². The number of rotatable bonds is 8. The molecule has 0 saturated carbocycles. The number of aromatic nitrogens is 3. The van der Waals surface area contributed by atoms with Crippen molar-refractivity contribution in [3.8, 4) is 0 Å². The van der Waals surface area contributed by atoms with Gasteiger partial charge in [0.05, 0.1) is 7.11 Å². The molecule has 1 N–H and O–H groups in total. The molecule has 0 aromatic carbocycles. The third-order valence-corrected chi connectivity index (χ3v) is 4.22. The lowest BCUT2D eigenvalue weighted by molar-refractivity contribution is -0.148. The molecule has 1 aromatic heterocycles. The van der Waals surface area contributed by atoms with E-state index >= 15 is 0 Å². The van der Waals surface area contributed by atoms with Gasteiger partial charge in [-0.15, -0.1) is 10.2 Å². The van der Waals surface area contributed by atoms with Crippen LogP contribution in [0.4, 0.5) is 0 Å². The summed E-state index contributed by atoms with van der Waals surface area (Å²) in [4.78, 5) is 12.0. The van der Waals surface area contributed by atoms with Crippen LogP contribution in [0.3, 0.4) is 0 Å². The Bertz CT molecular complexity index is 438. The highest BCUT2D eigenvalue weighted by Gasteiger charge is 2.35. The fourth-order valence-electron chi connectivity index (χ4n) is 2.03. The first-order valence-electron chi connectivity index (χ1n) is 6.77. The maximum Gasteiger partial charge on any atom is 0.325 e. The first kappa shape index (κ1) is 17.0. The van der Waals surface area contributed by atoms with Crippen LogP contribution in [0, 0.1) is 0 Å². The highest BCUT2D eigenvalue weighted by Crippen LogP contribution is 2.27. The normalized spacial score (nSPS) is 15.7. The maximum absolute atomic E-state index is 12.0. The quantitative estimate of drug-likeness (QED) is 0.581. The number of hydrogen-bond donors (Lipinski definition) is 1. The molecular formula is C13H24N4O2S. The van der Waals surface area contributed by atoms with Crippen LogP contribution >= 0.6 is 11.8 Å². The van der Waals surface area contributed by atoms with Crippen molar-refractivity contribution in [2.24, 2.45) is 7.05 Å². The van der Waals surface area contributed by atoms with Crippen LogP contribution in [0.5, 0.6) is 0 Å². The Morgan fingerprint density at radius 3 is 2.85 bits per heavy atom. The third-order valence-electron chi connectivity index (χ3n) is 3.07. The smallest absolute Gasteiger partial charge is 0.325 e. The molecule has 20 heavy (non-hydrogen) atoms. The van der Waals surface area contributed by atoms with E-state index in [4.69, 9.17) is 4.74 Å². The van der Waals surface area contributed by atoms with Gasteiger partial charge in [0, 0.05) is 12.3 Å². The molecule has 0 bridgehead atoms. The number of carbonyl (C=O) groups is 1.